The summed E-state index contributed by atoms with van der Waals surface area (Å²) < 4.78 is 5.26. The van der Waals surface area contributed by atoms with Crippen molar-refractivity contribution in [2.45, 2.75) is 38.0 Å². The number of hydrogen-bond acceptors (Lipinski definition) is 4. The molecular weight excluding hydrogens is 242 g/mol. The zero-order valence-electron chi connectivity index (χ0n) is 10.4. The molecule has 0 aromatic heterocycles. The molecule has 1 heterocycles. The minimum Gasteiger partial charge on any atom is -0.481 e. The van der Waals surface area contributed by atoms with Crippen LogP contribution in [-0.2, 0) is 9.53 Å². The predicted molar refractivity (Wildman–Crippen MR) is 66.3 cm³/mol. The number of ether oxygens (including phenoxy) is 1. The third-order valence-corrected chi connectivity index (χ3v) is 3.40. The van der Waals surface area contributed by atoms with Crippen molar-refractivity contribution in [2.75, 3.05) is 18.8 Å². The Morgan fingerprint density at radius 3 is 2.65 bits per heavy atom. The van der Waals surface area contributed by atoms with Gasteiger partial charge < -0.3 is 14.7 Å². The molecule has 0 aromatic rings. The molecule has 0 spiro atoms. The van der Waals surface area contributed by atoms with Gasteiger partial charge in [-0.15, -0.1) is 0 Å². The zero-order valence-corrected chi connectivity index (χ0v) is 11.2. The first-order valence-electron chi connectivity index (χ1n) is 5.59. The predicted octanol–water partition coefficient (Wildman–Crippen LogP) is 1.81. The van der Waals surface area contributed by atoms with E-state index in [1.807, 2.05) is 20.8 Å². The van der Waals surface area contributed by atoms with Crippen LogP contribution in [0, 0.1) is 0 Å². The standard InChI is InChI=1S/C11H19NO4S/c1-11(2,3)16-10(15)12-4-5-17-8(7-12)6-9(13)14/h8H,4-7H2,1-3H3,(H,13,14). The molecule has 5 nitrogen and oxygen atoms in total. The van der Waals surface area contributed by atoms with E-state index in [0.29, 0.717) is 13.1 Å². The molecule has 1 amide bonds. The second-order valence-corrected chi connectivity index (χ2v) is 6.43. The molecule has 0 saturated carbocycles. The van der Waals surface area contributed by atoms with Crippen molar-refractivity contribution in [3.63, 3.8) is 0 Å². The van der Waals surface area contributed by atoms with E-state index >= 15 is 0 Å². The summed E-state index contributed by atoms with van der Waals surface area (Å²) in [5.41, 5.74) is -0.510. The Morgan fingerprint density at radius 2 is 2.12 bits per heavy atom. The van der Waals surface area contributed by atoms with Gasteiger partial charge in [-0.1, -0.05) is 0 Å². The Bertz CT molecular complexity index is 300. The van der Waals surface area contributed by atoms with Crippen molar-refractivity contribution in [3.8, 4) is 0 Å². The second kappa shape index (κ2) is 5.62. The third-order valence-electron chi connectivity index (χ3n) is 2.19. The van der Waals surface area contributed by atoms with Gasteiger partial charge in [0.25, 0.3) is 0 Å². The number of carbonyl (C=O) groups is 2. The van der Waals surface area contributed by atoms with E-state index in [0.717, 1.165) is 5.75 Å². The lowest BCUT2D eigenvalue weighted by atomic mass is 10.2. The summed E-state index contributed by atoms with van der Waals surface area (Å²) in [6, 6.07) is 0. The van der Waals surface area contributed by atoms with E-state index in [-0.39, 0.29) is 17.8 Å². The van der Waals surface area contributed by atoms with Gasteiger partial charge in [-0.25, -0.2) is 4.79 Å². The molecule has 1 unspecified atom stereocenters. The molecule has 98 valence electrons. The van der Waals surface area contributed by atoms with E-state index in [9.17, 15) is 9.59 Å². The van der Waals surface area contributed by atoms with Crippen LogP contribution in [0.25, 0.3) is 0 Å². The number of hydrogen-bond donors (Lipinski definition) is 1. The summed E-state index contributed by atoms with van der Waals surface area (Å²) in [5.74, 6) is -0.0643. The number of aliphatic carboxylic acids is 1. The maximum atomic E-state index is 11.8. The largest absolute Gasteiger partial charge is 0.481 e. The van der Waals surface area contributed by atoms with E-state index in [4.69, 9.17) is 9.84 Å². The zero-order chi connectivity index (χ0) is 13.1. The molecule has 17 heavy (non-hydrogen) atoms. The average molecular weight is 261 g/mol. The maximum Gasteiger partial charge on any atom is 0.410 e. The number of carboxylic acid groups (broad SMARTS) is 1. The fourth-order valence-electron chi connectivity index (χ4n) is 1.53. The molecule has 1 aliphatic rings. The summed E-state index contributed by atoms with van der Waals surface area (Å²) in [7, 11) is 0. The van der Waals surface area contributed by atoms with E-state index < -0.39 is 11.6 Å². The molecule has 1 fully saturated rings. The Balaban J connectivity index is 2.49. The molecule has 0 bridgehead atoms. The molecule has 1 saturated heterocycles. The highest BCUT2D eigenvalue weighted by molar-refractivity contribution is 8.00. The van der Waals surface area contributed by atoms with Gasteiger partial charge in [0.05, 0.1) is 6.42 Å². The van der Waals surface area contributed by atoms with E-state index in [1.54, 1.807) is 16.7 Å². The van der Waals surface area contributed by atoms with Gasteiger partial charge in [0.1, 0.15) is 5.60 Å². The number of thioether (sulfide) groups is 1. The lowest BCUT2D eigenvalue weighted by molar-refractivity contribution is -0.137. The lowest BCUT2D eigenvalue weighted by Crippen LogP contribution is -2.44. The number of nitrogens with zero attached hydrogens (tertiary/aromatic N) is 1. The Kier molecular flexibility index (Phi) is 4.68. The molecule has 0 aliphatic carbocycles. The van der Waals surface area contributed by atoms with Gasteiger partial charge in [-0.05, 0) is 20.8 Å². The first-order chi connectivity index (χ1) is 7.78. The smallest absolute Gasteiger partial charge is 0.410 e. The topological polar surface area (TPSA) is 66.8 Å². The van der Waals surface area contributed by atoms with Gasteiger partial charge >= 0.3 is 12.1 Å². The van der Waals surface area contributed by atoms with E-state index in [2.05, 4.69) is 0 Å². The molecule has 6 heteroatoms. The van der Waals surface area contributed by atoms with Crippen molar-refractivity contribution >= 4 is 23.8 Å². The maximum absolute atomic E-state index is 11.8. The fourth-order valence-corrected chi connectivity index (χ4v) is 2.73. The van der Waals surface area contributed by atoms with Gasteiger partial charge in [0.15, 0.2) is 0 Å². The Labute approximate surface area is 105 Å². The van der Waals surface area contributed by atoms with Crippen LogP contribution in [0.4, 0.5) is 4.79 Å². The van der Waals surface area contributed by atoms with Crippen LogP contribution >= 0.6 is 11.8 Å². The summed E-state index contributed by atoms with van der Waals surface area (Å²) in [4.78, 5) is 24.0. The van der Waals surface area contributed by atoms with Crippen molar-refractivity contribution in [1.29, 1.82) is 0 Å². The first kappa shape index (κ1) is 14.2. The lowest BCUT2D eigenvalue weighted by Gasteiger charge is -2.33. The monoisotopic (exact) mass is 261 g/mol. The summed E-state index contributed by atoms with van der Waals surface area (Å²) in [6.45, 7) is 6.52. The van der Waals surface area contributed by atoms with Crippen LogP contribution in [0.1, 0.15) is 27.2 Å². The Morgan fingerprint density at radius 1 is 1.47 bits per heavy atom. The van der Waals surface area contributed by atoms with Gasteiger partial charge in [0.2, 0.25) is 0 Å². The van der Waals surface area contributed by atoms with Crippen LogP contribution < -0.4 is 0 Å². The van der Waals surface area contributed by atoms with Crippen molar-refractivity contribution in [2.24, 2.45) is 0 Å². The summed E-state index contributed by atoms with van der Waals surface area (Å²) in [6.07, 6.45) is -0.266. The van der Waals surface area contributed by atoms with Crippen molar-refractivity contribution < 1.29 is 19.4 Å². The molecule has 1 aliphatic heterocycles. The number of amides is 1. The van der Waals surface area contributed by atoms with Gasteiger partial charge in [-0.2, -0.15) is 11.8 Å². The summed E-state index contributed by atoms with van der Waals surface area (Å²) >= 11 is 1.60. The van der Waals surface area contributed by atoms with Crippen LogP contribution in [0.15, 0.2) is 0 Å². The van der Waals surface area contributed by atoms with Crippen molar-refractivity contribution in [1.82, 2.24) is 4.90 Å². The first-order valence-corrected chi connectivity index (χ1v) is 6.64. The minimum absolute atomic E-state index is 0.0335. The highest BCUT2D eigenvalue weighted by Gasteiger charge is 2.28. The summed E-state index contributed by atoms with van der Waals surface area (Å²) in [5, 5.41) is 8.70. The molecule has 0 aromatic carbocycles. The van der Waals surface area contributed by atoms with Crippen LogP contribution in [0.5, 0.6) is 0 Å². The van der Waals surface area contributed by atoms with Crippen molar-refractivity contribution in [3.05, 3.63) is 0 Å². The Hall–Kier alpha value is -0.910. The van der Waals surface area contributed by atoms with Crippen LogP contribution in [-0.4, -0.2) is 51.8 Å². The fraction of sp³-hybridized carbons (Fsp3) is 0.818. The molecule has 1 rings (SSSR count). The highest BCUT2D eigenvalue weighted by atomic mass is 32.2. The number of carbonyl (C=O) groups excluding carboxylic acids is 1. The number of rotatable bonds is 2. The average Bonchev–Trinajstić information content (AvgIpc) is 2.14. The highest BCUT2D eigenvalue weighted by Crippen LogP contribution is 2.22. The van der Waals surface area contributed by atoms with Gasteiger partial charge in [0, 0.05) is 24.1 Å². The SMILES string of the molecule is CC(C)(C)OC(=O)N1CCSC(CC(=O)O)C1. The minimum atomic E-state index is -0.825. The molecular formula is C11H19NO4S. The second-order valence-electron chi connectivity index (χ2n) is 5.02. The molecule has 1 N–H and O–H groups in total. The normalized spacial score (nSPS) is 21.1. The van der Waals surface area contributed by atoms with Crippen LogP contribution in [0.3, 0.4) is 0 Å². The van der Waals surface area contributed by atoms with E-state index in [1.165, 1.54) is 0 Å². The third kappa shape index (κ3) is 5.30. The van der Waals surface area contributed by atoms with Gasteiger partial charge in [-0.3, -0.25) is 4.79 Å². The molecule has 0 radical (unpaired) electrons. The number of carboxylic acids is 1. The quantitative estimate of drug-likeness (QED) is 0.821. The molecule has 1 atom stereocenters. The van der Waals surface area contributed by atoms with Crippen LogP contribution in [0.2, 0.25) is 0 Å².